The van der Waals surface area contributed by atoms with Crippen LogP contribution in [0.3, 0.4) is 0 Å². The molecule has 2 rings (SSSR count). The van der Waals surface area contributed by atoms with Gasteiger partial charge in [0.25, 0.3) is 0 Å². The summed E-state index contributed by atoms with van der Waals surface area (Å²) in [5.74, 6) is 0.480. The summed E-state index contributed by atoms with van der Waals surface area (Å²) in [6, 6.07) is 6.08. The summed E-state index contributed by atoms with van der Waals surface area (Å²) in [6.45, 7) is 6.29. The van der Waals surface area contributed by atoms with E-state index < -0.39 is 0 Å². The van der Waals surface area contributed by atoms with Gasteiger partial charge in [-0.3, -0.25) is 0 Å². The Labute approximate surface area is 128 Å². The molecule has 0 saturated carbocycles. The molecule has 0 amide bonds. The van der Waals surface area contributed by atoms with Crippen LogP contribution in [0.4, 0.5) is 5.82 Å². The molecule has 4 nitrogen and oxygen atoms in total. The summed E-state index contributed by atoms with van der Waals surface area (Å²) in [4.78, 5) is 0. The van der Waals surface area contributed by atoms with Gasteiger partial charge in [-0.1, -0.05) is 26.0 Å². The highest BCUT2D eigenvalue weighted by Crippen LogP contribution is 2.31. The van der Waals surface area contributed by atoms with Crippen molar-refractivity contribution >= 4 is 44.3 Å². The van der Waals surface area contributed by atoms with Gasteiger partial charge >= 0.3 is 0 Å². The third kappa shape index (κ3) is 2.54. The Morgan fingerprint density at radius 1 is 1.33 bits per heavy atom. The maximum atomic E-state index is 5.94. The van der Waals surface area contributed by atoms with E-state index in [1.54, 1.807) is 0 Å². The van der Waals surface area contributed by atoms with Gasteiger partial charge in [-0.05, 0) is 56.7 Å². The van der Waals surface area contributed by atoms with Crippen LogP contribution in [0.1, 0.15) is 26.5 Å². The average molecular weight is 421 g/mol. The highest BCUT2D eigenvalue weighted by atomic mass is 127. The Kier molecular flexibility index (Phi) is 3.68. The predicted octanol–water partition coefficient (Wildman–Crippen LogP) is 3.51. The molecular weight excluding hydrogens is 407 g/mol. The topological polar surface area (TPSA) is 56.7 Å². The summed E-state index contributed by atoms with van der Waals surface area (Å²) in [5, 5.41) is 8.16. The van der Waals surface area contributed by atoms with Gasteiger partial charge in [0.2, 0.25) is 0 Å². The number of hydrogen-bond donors (Lipinski definition) is 1. The number of halogens is 2. The number of aromatic nitrogens is 3. The lowest BCUT2D eigenvalue weighted by Crippen LogP contribution is -2.19. The number of benzene rings is 1. The zero-order valence-corrected chi connectivity index (χ0v) is 14.2. The van der Waals surface area contributed by atoms with Crippen LogP contribution in [0.15, 0.2) is 22.7 Å². The fraction of sp³-hybridized carbons (Fsp3) is 0.333. The molecule has 0 aliphatic heterocycles. The second-order valence-corrected chi connectivity index (χ2v) is 7.18. The van der Waals surface area contributed by atoms with Crippen LogP contribution >= 0.6 is 38.5 Å². The molecular formula is C12H14BrIN4. The second-order valence-electron chi connectivity index (χ2n) is 5.08. The highest BCUT2D eigenvalue weighted by Gasteiger charge is 2.25. The smallest absolute Gasteiger partial charge is 0.170 e. The first-order chi connectivity index (χ1) is 8.30. The summed E-state index contributed by atoms with van der Waals surface area (Å²) in [5.41, 5.74) is 7.70. The monoisotopic (exact) mass is 420 g/mol. The first kappa shape index (κ1) is 13.8. The van der Waals surface area contributed by atoms with Crippen LogP contribution < -0.4 is 5.73 Å². The minimum Gasteiger partial charge on any atom is -0.381 e. The van der Waals surface area contributed by atoms with Gasteiger partial charge < -0.3 is 5.73 Å². The number of hydrogen-bond acceptors (Lipinski definition) is 3. The molecule has 18 heavy (non-hydrogen) atoms. The third-order valence-electron chi connectivity index (χ3n) is 2.54. The van der Waals surface area contributed by atoms with Crippen molar-refractivity contribution in [1.82, 2.24) is 15.0 Å². The highest BCUT2D eigenvalue weighted by molar-refractivity contribution is 14.1. The van der Waals surface area contributed by atoms with Crippen molar-refractivity contribution in [2.45, 2.75) is 26.2 Å². The fourth-order valence-corrected chi connectivity index (χ4v) is 2.70. The first-order valence-electron chi connectivity index (χ1n) is 5.48. The molecule has 1 aromatic carbocycles. The van der Waals surface area contributed by atoms with Crippen LogP contribution in [0.25, 0.3) is 5.69 Å². The molecule has 2 N–H and O–H groups in total. The Morgan fingerprint density at radius 3 is 2.61 bits per heavy atom. The predicted molar refractivity (Wildman–Crippen MR) is 84.9 cm³/mol. The van der Waals surface area contributed by atoms with Crippen LogP contribution in [-0.2, 0) is 5.41 Å². The summed E-state index contributed by atoms with van der Waals surface area (Å²) < 4.78 is 3.92. The largest absolute Gasteiger partial charge is 0.381 e. The Balaban J connectivity index is 2.69. The maximum absolute atomic E-state index is 5.94. The number of nitrogens with zero attached hydrogens (tertiary/aromatic N) is 3. The molecule has 1 aromatic heterocycles. The van der Waals surface area contributed by atoms with Gasteiger partial charge in [-0.15, -0.1) is 5.10 Å². The molecule has 0 aliphatic rings. The molecule has 0 spiro atoms. The van der Waals surface area contributed by atoms with E-state index in [0.29, 0.717) is 5.82 Å². The van der Waals surface area contributed by atoms with E-state index in [1.165, 1.54) is 0 Å². The number of anilines is 1. The van der Waals surface area contributed by atoms with Crippen LogP contribution in [0.2, 0.25) is 0 Å². The normalized spacial score (nSPS) is 11.8. The molecule has 96 valence electrons. The van der Waals surface area contributed by atoms with Crippen molar-refractivity contribution in [3.8, 4) is 5.69 Å². The van der Waals surface area contributed by atoms with E-state index in [1.807, 2.05) is 22.9 Å². The zero-order valence-electron chi connectivity index (χ0n) is 10.4. The van der Waals surface area contributed by atoms with E-state index in [0.717, 1.165) is 19.4 Å². The molecule has 0 fully saturated rings. The SMILES string of the molecule is CC(C)(C)c1c(N)nnn1-c1cc(I)ccc1Br. The van der Waals surface area contributed by atoms with Gasteiger partial charge in [0.15, 0.2) is 5.82 Å². The van der Waals surface area contributed by atoms with E-state index in [4.69, 9.17) is 5.73 Å². The molecule has 1 heterocycles. The Hall–Kier alpha value is -0.630. The number of rotatable bonds is 1. The van der Waals surface area contributed by atoms with E-state index in [2.05, 4.69) is 69.6 Å². The number of nitrogen functional groups attached to an aromatic ring is 1. The van der Waals surface area contributed by atoms with Gasteiger partial charge in [-0.25, -0.2) is 4.68 Å². The summed E-state index contributed by atoms with van der Waals surface area (Å²) in [6.07, 6.45) is 0. The second kappa shape index (κ2) is 4.80. The third-order valence-corrected chi connectivity index (χ3v) is 3.88. The standard InChI is InChI=1S/C12H14BrIN4/c1-12(2,3)10-11(15)16-17-18(10)9-6-7(14)4-5-8(9)13/h4-6H,15H2,1-3H3. The van der Waals surface area contributed by atoms with E-state index in [9.17, 15) is 0 Å². The van der Waals surface area contributed by atoms with Crippen molar-refractivity contribution in [1.29, 1.82) is 0 Å². The lowest BCUT2D eigenvalue weighted by molar-refractivity contribution is 0.544. The van der Waals surface area contributed by atoms with Gasteiger partial charge in [-0.2, -0.15) is 0 Å². The molecule has 0 atom stereocenters. The van der Waals surface area contributed by atoms with Crippen LogP contribution in [0, 0.1) is 3.57 Å². The van der Waals surface area contributed by atoms with Gasteiger partial charge in [0.1, 0.15) is 0 Å². The van der Waals surface area contributed by atoms with Gasteiger partial charge in [0, 0.05) is 13.5 Å². The van der Waals surface area contributed by atoms with Crippen molar-refractivity contribution in [3.63, 3.8) is 0 Å². The van der Waals surface area contributed by atoms with Crippen molar-refractivity contribution in [2.24, 2.45) is 0 Å². The fourth-order valence-electron chi connectivity index (χ4n) is 1.81. The Morgan fingerprint density at radius 2 is 2.00 bits per heavy atom. The molecule has 0 radical (unpaired) electrons. The average Bonchev–Trinajstić information content (AvgIpc) is 2.63. The molecule has 2 aromatic rings. The van der Waals surface area contributed by atoms with Crippen molar-refractivity contribution in [3.05, 3.63) is 31.9 Å². The van der Waals surface area contributed by atoms with Crippen molar-refractivity contribution < 1.29 is 0 Å². The Bertz CT molecular complexity index is 586. The van der Waals surface area contributed by atoms with E-state index in [-0.39, 0.29) is 5.41 Å². The number of nitrogens with two attached hydrogens (primary N) is 1. The summed E-state index contributed by atoms with van der Waals surface area (Å²) in [7, 11) is 0. The summed E-state index contributed by atoms with van der Waals surface area (Å²) >= 11 is 5.82. The quantitative estimate of drug-likeness (QED) is 0.718. The molecule has 0 unspecified atom stereocenters. The molecule has 0 bridgehead atoms. The maximum Gasteiger partial charge on any atom is 0.170 e. The lowest BCUT2D eigenvalue weighted by atomic mass is 9.91. The van der Waals surface area contributed by atoms with Crippen LogP contribution in [-0.4, -0.2) is 15.0 Å². The van der Waals surface area contributed by atoms with Gasteiger partial charge in [0.05, 0.1) is 11.4 Å². The minimum atomic E-state index is -0.117. The zero-order chi connectivity index (χ0) is 13.5. The lowest BCUT2D eigenvalue weighted by Gasteiger charge is -2.20. The van der Waals surface area contributed by atoms with Crippen LogP contribution in [0.5, 0.6) is 0 Å². The molecule has 0 aliphatic carbocycles. The molecule has 6 heteroatoms. The first-order valence-corrected chi connectivity index (χ1v) is 7.35. The van der Waals surface area contributed by atoms with E-state index >= 15 is 0 Å². The minimum absolute atomic E-state index is 0.117. The molecule has 0 saturated heterocycles. The van der Waals surface area contributed by atoms with Crippen molar-refractivity contribution in [2.75, 3.05) is 5.73 Å².